The van der Waals surface area contributed by atoms with E-state index in [1.165, 1.54) is 0 Å². The summed E-state index contributed by atoms with van der Waals surface area (Å²) in [7, 11) is 1.57. The number of pyridine rings is 1. The zero-order valence-electron chi connectivity index (χ0n) is 18.6. The zero-order chi connectivity index (χ0) is 23.6. The number of halogens is 2. The number of aliphatic hydroxyl groups is 1. The number of phenols is 1. The molecule has 1 fully saturated rings. The van der Waals surface area contributed by atoms with Crippen molar-refractivity contribution in [3.8, 4) is 11.6 Å². The first-order valence-electron chi connectivity index (χ1n) is 10.7. The van der Waals surface area contributed by atoms with E-state index in [1.54, 1.807) is 38.4 Å². The number of ether oxygens (including phenoxy) is 1. The predicted molar refractivity (Wildman–Crippen MR) is 131 cm³/mol. The molecule has 2 atom stereocenters. The van der Waals surface area contributed by atoms with E-state index in [0.717, 1.165) is 23.4 Å². The summed E-state index contributed by atoms with van der Waals surface area (Å²) in [6, 6.07) is 16.4. The Morgan fingerprint density at radius 2 is 1.85 bits per heavy atom. The topological polar surface area (TPSA) is 69.1 Å². The summed E-state index contributed by atoms with van der Waals surface area (Å²) in [5.74, 6) is 0.645. The largest absolute Gasteiger partial charge is 0.508 e. The standard InChI is InChI=1S/C25H27Cl2N3O3/c1-25(32,18-5-10-24(33-2)28-14-18)16-29-11-12-30(22-9-8-20(31)13-21(22)27)23(15-29)17-3-6-19(26)7-4-17/h3-10,13-14,23,31-32H,11-12,15-16H2,1-2H3/t23-,25+/m0/s1. The summed E-state index contributed by atoms with van der Waals surface area (Å²) in [5, 5.41) is 22.2. The Kier molecular flexibility index (Phi) is 7.00. The molecular weight excluding hydrogens is 461 g/mol. The van der Waals surface area contributed by atoms with E-state index in [4.69, 9.17) is 27.9 Å². The second-order valence-electron chi connectivity index (χ2n) is 8.49. The van der Waals surface area contributed by atoms with Gasteiger partial charge in [0, 0.05) is 55.1 Å². The summed E-state index contributed by atoms with van der Waals surface area (Å²) in [5.41, 5.74) is 1.61. The summed E-state index contributed by atoms with van der Waals surface area (Å²) in [4.78, 5) is 8.72. The van der Waals surface area contributed by atoms with Gasteiger partial charge in [0.25, 0.3) is 0 Å². The number of phenolic OH excluding ortho intramolecular Hbond substituents is 1. The molecule has 1 aromatic heterocycles. The van der Waals surface area contributed by atoms with Crippen molar-refractivity contribution < 1.29 is 14.9 Å². The van der Waals surface area contributed by atoms with Gasteiger partial charge in [0.1, 0.15) is 11.4 Å². The first kappa shape index (κ1) is 23.6. The fraction of sp³-hybridized carbons (Fsp3) is 0.320. The normalized spacial score (nSPS) is 18.7. The van der Waals surface area contributed by atoms with Gasteiger partial charge in [0.05, 0.1) is 23.9 Å². The molecule has 33 heavy (non-hydrogen) atoms. The number of aromatic nitrogens is 1. The van der Waals surface area contributed by atoms with E-state index in [2.05, 4.69) is 14.8 Å². The molecule has 174 valence electrons. The van der Waals surface area contributed by atoms with Gasteiger partial charge in [-0.25, -0.2) is 4.98 Å². The number of β-amino-alcohol motifs (C(OH)–C–C–N with tert-alkyl or cyclic N) is 1. The first-order chi connectivity index (χ1) is 15.8. The van der Waals surface area contributed by atoms with Gasteiger partial charge in [-0.15, -0.1) is 0 Å². The van der Waals surface area contributed by atoms with Crippen LogP contribution in [0.4, 0.5) is 5.69 Å². The Morgan fingerprint density at radius 1 is 1.09 bits per heavy atom. The van der Waals surface area contributed by atoms with Gasteiger partial charge in [-0.1, -0.05) is 35.3 Å². The number of hydrogen-bond donors (Lipinski definition) is 2. The van der Waals surface area contributed by atoms with E-state index < -0.39 is 5.60 Å². The van der Waals surface area contributed by atoms with Crippen molar-refractivity contribution in [2.75, 3.05) is 38.2 Å². The lowest BCUT2D eigenvalue weighted by molar-refractivity contribution is 0.00997. The van der Waals surface area contributed by atoms with Gasteiger partial charge in [0.2, 0.25) is 5.88 Å². The van der Waals surface area contributed by atoms with Crippen LogP contribution in [-0.2, 0) is 5.60 Å². The number of aromatic hydroxyl groups is 1. The van der Waals surface area contributed by atoms with Crippen molar-refractivity contribution in [3.05, 3.63) is 82.0 Å². The molecule has 0 saturated carbocycles. The van der Waals surface area contributed by atoms with Crippen LogP contribution in [0.25, 0.3) is 0 Å². The summed E-state index contributed by atoms with van der Waals surface area (Å²) in [6.45, 7) is 4.37. The molecule has 2 N–H and O–H groups in total. The minimum Gasteiger partial charge on any atom is -0.508 e. The number of methoxy groups -OCH3 is 1. The molecule has 2 heterocycles. The quantitative estimate of drug-likeness (QED) is 0.516. The monoisotopic (exact) mass is 487 g/mol. The molecule has 3 aromatic rings. The van der Waals surface area contributed by atoms with Crippen molar-refractivity contribution in [2.24, 2.45) is 0 Å². The fourth-order valence-corrected chi connectivity index (χ4v) is 4.73. The lowest BCUT2D eigenvalue weighted by atomic mass is 9.95. The van der Waals surface area contributed by atoms with Crippen LogP contribution in [0.2, 0.25) is 10.0 Å². The maximum absolute atomic E-state index is 11.3. The molecule has 6 nitrogen and oxygen atoms in total. The SMILES string of the molecule is COc1ccc([C@](C)(O)CN2CCN(c3ccc(O)cc3Cl)[C@H](c3ccc(Cl)cc3)C2)cn1. The van der Waals surface area contributed by atoms with Crippen LogP contribution in [-0.4, -0.2) is 53.4 Å². The summed E-state index contributed by atoms with van der Waals surface area (Å²) in [6.07, 6.45) is 1.65. The first-order valence-corrected chi connectivity index (χ1v) is 11.5. The lowest BCUT2D eigenvalue weighted by Crippen LogP contribution is -2.52. The molecule has 1 saturated heterocycles. The Labute approximate surface area is 204 Å². The Hall–Kier alpha value is -2.51. The molecular formula is C25H27Cl2N3O3. The Bertz CT molecular complexity index is 1090. The predicted octanol–water partition coefficient (Wildman–Crippen LogP) is 4.87. The van der Waals surface area contributed by atoms with Crippen molar-refractivity contribution in [2.45, 2.75) is 18.6 Å². The number of nitrogens with zero attached hydrogens (tertiary/aromatic N) is 3. The third-order valence-electron chi connectivity index (χ3n) is 6.06. The fourth-order valence-electron chi connectivity index (χ4n) is 4.32. The van der Waals surface area contributed by atoms with Crippen molar-refractivity contribution in [1.82, 2.24) is 9.88 Å². The maximum atomic E-state index is 11.3. The van der Waals surface area contributed by atoms with Crippen LogP contribution in [0.3, 0.4) is 0 Å². The molecule has 1 aliphatic heterocycles. The van der Waals surface area contributed by atoms with E-state index in [-0.39, 0.29) is 11.8 Å². The number of piperazine rings is 1. The average molecular weight is 488 g/mol. The van der Waals surface area contributed by atoms with Gasteiger partial charge in [0.15, 0.2) is 0 Å². The van der Waals surface area contributed by atoms with Crippen LogP contribution in [0, 0.1) is 0 Å². The number of hydrogen-bond acceptors (Lipinski definition) is 6. The minimum absolute atomic E-state index is 0.0112. The van der Waals surface area contributed by atoms with Crippen LogP contribution < -0.4 is 9.64 Å². The summed E-state index contributed by atoms with van der Waals surface area (Å²) < 4.78 is 5.13. The number of anilines is 1. The number of benzene rings is 2. The molecule has 0 unspecified atom stereocenters. The molecule has 8 heteroatoms. The van der Waals surface area contributed by atoms with E-state index in [0.29, 0.717) is 35.6 Å². The molecule has 2 aromatic carbocycles. The van der Waals surface area contributed by atoms with E-state index in [1.807, 2.05) is 36.4 Å². The highest BCUT2D eigenvalue weighted by molar-refractivity contribution is 6.33. The minimum atomic E-state index is -1.08. The van der Waals surface area contributed by atoms with Crippen molar-refractivity contribution in [1.29, 1.82) is 0 Å². The van der Waals surface area contributed by atoms with Crippen molar-refractivity contribution >= 4 is 28.9 Å². The third kappa shape index (κ3) is 5.36. The zero-order valence-corrected chi connectivity index (χ0v) is 20.1. The summed E-state index contributed by atoms with van der Waals surface area (Å²) >= 11 is 12.6. The Balaban J connectivity index is 1.59. The number of rotatable bonds is 6. The van der Waals surface area contributed by atoms with Gasteiger partial charge >= 0.3 is 0 Å². The van der Waals surface area contributed by atoms with Gasteiger partial charge in [-0.2, -0.15) is 0 Å². The molecule has 0 spiro atoms. The van der Waals surface area contributed by atoms with Gasteiger partial charge < -0.3 is 19.8 Å². The average Bonchev–Trinajstić information content (AvgIpc) is 2.80. The van der Waals surface area contributed by atoms with Gasteiger partial charge in [-0.05, 0) is 42.8 Å². The van der Waals surface area contributed by atoms with Crippen LogP contribution >= 0.6 is 23.2 Å². The molecule has 1 aliphatic rings. The van der Waals surface area contributed by atoms with Crippen LogP contribution in [0.15, 0.2) is 60.8 Å². The highest BCUT2D eigenvalue weighted by Gasteiger charge is 2.34. The maximum Gasteiger partial charge on any atom is 0.212 e. The lowest BCUT2D eigenvalue weighted by Gasteiger charge is -2.45. The van der Waals surface area contributed by atoms with Crippen LogP contribution in [0.5, 0.6) is 11.6 Å². The smallest absolute Gasteiger partial charge is 0.212 e. The van der Waals surface area contributed by atoms with E-state index in [9.17, 15) is 10.2 Å². The highest BCUT2D eigenvalue weighted by Crippen LogP contribution is 2.37. The van der Waals surface area contributed by atoms with Gasteiger partial charge in [-0.3, -0.25) is 4.90 Å². The molecule has 4 rings (SSSR count). The molecule has 0 radical (unpaired) electrons. The second-order valence-corrected chi connectivity index (χ2v) is 9.34. The highest BCUT2D eigenvalue weighted by atomic mass is 35.5. The molecule has 0 amide bonds. The second kappa shape index (κ2) is 9.77. The molecule has 0 bridgehead atoms. The Morgan fingerprint density at radius 3 is 2.48 bits per heavy atom. The third-order valence-corrected chi connectivity index (χ3v) is 6.61. The van der Waals surface area contributed by atoms with Crippen LogP contribution in [0.1, 0.15) is 24.1 Å². The van der Waals surface area contributed by atoms with Crippen molar-refractivity contribution in [3.63, 3.8) is 0 Å². The molecule has 0 aliphatic carbocycles. The van der Waals surface area contributed by atoms with E-state index >= 15 is 0 Å².